The van der Waals surface area contributed by atoms with E-state index in [1.165, 1.54) is 16.7 Å². The second kappa shape index (κ2) is 5.89. The van der Waals surface area contributed by atoms with Gasteiger partial charge in [0.05, 0.1) is 0 Å². The van der Waals surface area contributed by atoms with Crippen molar-refractivity contribution in [2.24, 2.45) is 16.7 Å². The van der Waals surface area contributed by atoms with Gasteiger partial charge in [-0.25, -0.2) is 0 Å². The van der Waals surface area contributed by atoms with E-state index >= 15 is 0 Å². The van der Waals surface area contributed by atoms with E-state index in [1.807, 2.05) is 18.2 Å². The molecule has 31 heavy (non-hydrogen) atoms. The van der Waals surface area contributed by atoms with Crippen LogP contribution in [0.3, 0.4) is 0 Å². The lowest BCUT2D eigenvalue weighted by Gasteiger charge is -2.45. The van der Waals surface area contributed by atoms with Gasteiger partial charge in [0.2, 0.25) is 0 Å². The molecule has 2 aromatic rings. The Morgan fingerprint density at radius 1 is 1.10 bits per heavy atom. The Balaban J connectivity index is 1.31. The van der Waals surface area contributed by atoms with Crippen LogP contribution in [0.1, 0.15) is 56.7 Å². The molecule has 0 amide bonds. The monoisotopic (exact) mass is 414 g/mol. The summed E-state index contributed by atoms with van der Waals surface area (Å²) in [7, 11) is 0. The molecule has 3 heteroatoms. The van der Waals surface area contributed by atoms with E-state index in [0.717, 1.165) is 18.4 Å². The van der Waals surface area contributed by atoms with Crippen molar-refractivity contribution in [2.45, 2.75) is 63.8 Å². The smallest absolute Gasteiger partial charge is 0.306 e. The van der Waals surface area contributed by atoms with Gasteiger partial charge in [-0.1, -0.05) is 81.9 Å². The van der Waals surface area contributed by atoms with E-state index in [9.17, 15) is 4.79 Å². The number of carbonyl (C=O) groups excluding carboxylic acids is 1. The normalized spacial score (nSPS) is 38.2. The van der Waals surface area contributed by atoms with Crippen molar-refractivity contribution < 1.29 is 14.3 Å². The summed E-state index contributed by atoms with van der Waals surface area (Å²) >= 11 is 0. The highest BCUT2D eigenvalue weighted by molar-refractivity contribution is 5.76. The van der Waals surface area contributed by atoms with Crippen LogP contribution in [0.2, 0.25) is 0 Å². The lowest BCUT2D eigenvalue weighted by molar-refractivity contribution is -0.161. The van der Waals surface area contributed by atoms with Crippen LogP contribution in [0.5, 0.6) is 0 Å². The minimum atomic E-state index is -0.317. The minimum absolute atomic E-state index is 0.00730. The van der Waals surface area contributed by atoms with Crippen molar-refractivity contribution in [3.05, 3.63) is 77.9 Å². The molecule has 3 aliphatic carbocycles. The summed E-state index contributed by atoms with van der Waals surface area (Å²) in [6.45, 7) is 11.4. The minimum Gasteiger partial charge on any atom is -0.462 e. The number of rotatable bonds is 4. The zero-order chi connectivity index (χ0) is 21.6. The lowest BCUT2D eigenvalue weighted by atomic mass is 9.59. The number of aryl methyl sites for hydroxylation is 1. The maximum absolute atomic E-state index is 12.9. The molecule has 2 saturated carbocycles. The summed E-state index contributed by atoms with van der Waals surface area (Å²) in [6, 6.07) is 18.8. The summed E-state index contributed by atoms with van der Waals surface area (Å²) in [4.78, 5) is 12.9. The van der Waals surface area contributed by atoms with Crippen LogP contribution in [0.4, 0.5) is 0 Å². The van der Waals surface area contributed by atoms with Gasteiger partial charge in [0.25, 0.3) is 0 Å². The van der Waals surface area contributed by atoms with Gasteiger partial charge in [0.1, 0.15) is 17.3 Å². The fourth-order valence-corrected chi connectivity index (χ4v) is 7.67. The third kappa shape index (κ3) is 2.07. The molecule has 1 aliphatic heterocycles. The fraction of sp³-hybridized carbons (Fsp3) is 0.464. The fourth-order valence-electron chi connectivity index (χ4n) is 7.67. The number of hydrogen-bond acceptors (Lipinski definition) is 3. The third-order valence-electron chi connectivity index (χ3n) is 9.43. The highest BCUT2D eigenvalue weighted by atomic mass is 16.6. The molecule has 0 N–H and O–H groups in total. The average molecular weight is 415 g/mol. The molecule has 2 aromatic carbocycles. The molecule has 2 bridgehead atoms. The molecule has 0 radical (unpaired) electrons. The van der Waals surface area contributed by atoms with Crippen molar-refractivity contribution >= 4 is 11.5 Å². The molecule has 6 rings (SSSR count). The van der Waals surface area contributed by atoms with Crippen LogP contribution >= 0.6 is 0 Å². The van der Waals surface area contributed by atoms with Crippen LogP contribution in [0.15, 0.2) is 61.2 Å². The first-order valence-electron chi connectivity index (χ1n) is 11.5. The molecule has 160 valence electrons. The second-order valence-electron chi connectivity index (χ2n) is 10.7. The maximum Gasteiger partial charge on any atom is 0.306 e. The summed E-state index contributed by atoms with van der Waals surface area (Å²) in [5.41, 5.74) is 4.04. The van der Waals surface area contributed by atoms with Gasteiger partial charge in [-0.2, -0.15) is 0 Å². The Kier molecular flexibility index (Phi) is 3.67. The summed E-state index contributed by atoms with van der Waals surface area (Å²) in [5.74, 6) is 0.224. The van der Waals surface area contributed by atoms with Crippen LogP contribution < -0.4 is 0 Å². The Labute approximate surface area is 184 Å². The maximum atomic E-state index is 12.9. The van der Waals surface area contributed by atoms with E-state index in [2.05, 4.69) is 63.7 Å². The largest absolute Gasteiger partial charge is 0.462 e. The third-order valence-corrected chi connectivity index (χ3v) is 9.43. The summed E-state index contributed by atoms with van der Waals surface area (Å²) < 4.78 is 13.0. The van der Waals surface area contributed by atoms with Gasteiger partial charge in [0, 0.05) is 24.2 Å². The van der Waals surface area contributed by atoms with E-state index in [1.54, 1.807) is 0 Å². The van der Waals surface area contributed by atoms with Crippen LogP contribution in [0.25, 0.3) is 5.57 Å². The Bertz CT molecular complexity index is 1100. The van der Waals surface area contributed by atoms with Gasteiger partial charge in [0.15, 0.2) is 0 Å². The molecule has 0 aromatic heterocycles. The Morgan fingerprint density at radius 3 is 2.58 bits per heavy atom. The number of carbonyl (C=O) groups is 1. The Hall–Kier alpha value is -2.39. The molecular formula is C28H30O3. The van der Waals surface area contributed by atoms with Crippen LogP contribution in [-0.2, 0) is 26.3 Å². The standard InChI is InChI=1S/C28H30O3/c1-18-17-27-26(4)23(30-24(29)15-14-19-10-6-5-7-11-19)16-22(25(26,2)3)28(27,31-27)21-13-9-8-12-20(18)21/h5-13,22-23H,1,14-17H2,2-4H3. The number of esters is 1. The number of hydrogen-bond donors (Lipinski definition) is 0. The molecular weight excluding hydrogens is 384 g/mol. The van der Waals surface area contributed by atoms with Crippen LogP contribution in [0, 0.1) is 16.7 Å². The quantitative estimate of drug-likeness (QED) is 0.477. The van der Waals surface area contributed by atoms with Crippen LogP contribution in [-0.4, -0.2) is 17.7 Å². The van der Waals surface area contributed by atoms with Gasteiger partial charge < -0.3 is 9.47 Å². The zero-order valence-corrected chi connectivity index (χ0v) is 18.6. The molecule has 3 fully saturated rings. The predicted octanol–water partition coefficient (Wildman–Crippen LogP) is 5.68. The van der Waals surface area contributed by atoms with Crippen molar-refractivity contribution in [2.75, 3.05) is 0 Å². The van der Waals surface area contributed by atoms with Crippen molar-refractivity contribution in [1.82, 2.24) is 0 Å². The van der Waals surface area contributed by atoms with E-state index in [4.69, 9.17) is 9.47 Å². The van der Waals surface area contributed by atoms with Gasteiger partial charge >= 0.3 is 5.97 Å². The number of ether oxygens (including phenoxy) is 2. The molecule has 5 atom stereocenters. The van der Waals surface area contributed by atoms with Crippen molar-refractivity contribution in [3.63, 3.8) is 0 Å². The molecule has 1 heterocycles. The molecule has 4 aliphatic rings. The number of benzene rings is 2. The first-order chi connectivity index (χ1) is 14.8. The van der Waals surface area contributed by atoms with Crippen molar-refractivity contribution in [1.29, 1.82) is 0 Å². The SMILES string of the molecule is C=C1CC23OC2(c2ccccc21)C1CC(OC(=O)CCc2ccccc2)C3(C)C1(C)C. The highest BCUT2D eigenvalue weighted by Gasteiger charge is 2.95. The van der Waals surface area contributed by atoms with Crippen molar-refractivity contribution in [3.8, 4) is 0 Å². The van der Waals surface area contributed by atoms with E-state index < -0.39 is 0 Å². The number of epoxide rings is 1. The molecule has 3 nitrogen and oxygen atoms in total. The highest BCUT2D eigenvalue weighted by Crippen LogP contribution is 2.89. The first-order valence-corrected chi connectivity index (χ1v) is 11.5. The topological polar surface area (TPSA) is 38.8 Å². The van der Waals surface area contributed by atoms with E-state index in [0.29, 0.717) is 18.8 Å². The molecule has 1 saturated heterocycles. The van der Waals surface area contributed by atoms with E-state index in [-0.39, 0.29) is 34.1 Å². The first kappa shape index (κ1) is 19.3. The second-order valence-corrected chi connectivity index (χ2v) is 10.7. The average Bonchev–Trinajstić information content (AvgIpc) is 3.39. The summed E-state index contributed by atoms with van der Waals surface area (Å²) in [5, 5.41) is 0. The van der Waals surface area contributed by atoms with Gasteiger partial charge in [-0.15, -0.1) is 0 Å². The van der Waals surface area contributed by atoms with Gasteiger partial charge in [-0.05, 0) is 40.5 Å². The number of fused-ring (bicyclic) bond motifs is 3. The lowest BCUT2D eigenvalue weighted by Crippen LogP contribution is -2.51. The Morgan fingerprint density at radius 2 is 1.81 bits per heavy atom. The predicted molar refractivity (Wildman–Crippen MR) is 120 cm³/mol. The zero-order valence-electron chi connectivity index (χ0n) is 18.6. The molecule has 5 unspecified atom stereocenters. The van der Waals surface area contributed by atoms with Gasteiger partial charge in [-0.3, -0.25) is 4.79 Å². The molecule has 0 spiro atoms. The summed E-state index contributed by atoms with van der Waals surface area (Å²) in [6.07, 6.45) is 2.69.